The lowest BCUT2D eigenvalue weighted by atomic mass is 10.1. The molecule has 8 heteroatoms. The number of nitrogens with one attached hydrogen (secondary N) is 1. The third-order valence-corrected chi connectivity index (χ3v) is 4.12. The molecular formula is C16H18F3N3O2. The van der Waals surface area contributed by atoms with Gasteiger partial charge in [0, 0.05) is 6.61 Å². The molecule has 1 N–H and O–H groups in total. The van der Waals surface area contributed by atoms with Crippen molar-refractivity contribution in [3.63, 3.8) is 0 Å². The molecule has 0 aliphatic carbocycles. The van der Waals surface area contributed by atoms with Crippen molar-refractivity contribution in [3.8, 4) is 0 Å². The molecule has 1 amide bonds. The highest BCUT2D eigenvalue weighted by Gasteiger charge is 2.38. The number of benzene rings is 1. The highest BCUT2D eigenvalue weighted by Crippen LogP contribution is 2.31. The van der Waals surface area contributed by atoms with Gasteiger partial charge in [-0.2, -0.15) is 13.2 Å². The van der Waals surface area contributed by atoms with Gasteiger partial charge in [-0.15, -0.1) is 0 Å². The minimum Gasteiger partial charge on any atom is -0.376 e. The number of fused-ring (bicyclic) bond motifs is 1. The van der Waals surface area contributed by atoms with Crippen molar-refractivity contribution in [3.05, 3.63) is 30.1 Å². The summed E-state index contributed by atoms with van der Waals surface area (Å²) in [4.78, 5) is 15.8. The van der Waals surface area contributed by atoms with Crippen LogP contribution in [0.3, 0.4) is 0 Å². The summed E-state index contributed by atoms with van der Waals surface area (Å²) in [5, 5.41) is 2.72. The van der Waals surface area contributed by atoms with Gasteiger partial charge >= 0.3 is 6.18 Å². The van der Waals surface area contributed by atoms with Crippen molar-refractivity contribution in [1.82, 2.24) is 14.9 Å². The van der Waals surface area contributed by atoms with E-state index in [1.54, 1.807) is 19.1 Å². The predicted molar refractivity (Wildman–Crippen MR) is 81.3 cm³/mol. The number of imidazole rings is 1. The Kier molecular flexibility index (Phi) is 4.49. The smallest absolute Gasteiger partial charge is 0.376 e. The van der Waals surface area contributed by atoms with Crippen LogP contribution in [0.25, 0.3) is 11.0 Å². The maximum absolute atomic E-state index is 13.2. The maximum Gasteiger partial charge on any atom is 0.449 e. The first-order valence-corrected chi connectivity index (χ1v) is 7.79. The van der Waals surface area contributed by atoms with Crippen molar-refractivity contribution in [2.24, 2.45) is 0 Å². The third kappa shape index (κ3) is 3.38. The fourth-order valence-corrected chi connectivity index (χ4v) is 2.98. The van der Waals surface area contributed by atoms with Crippen LogP contribution in [-0.4, -0.2) is 34.2 Å². The number of hydrogen-bond donors (Lipinski definition) is 1. The molecule has 1 aromatic carbocycles. The normalized spacial score (nSPS) is 19.6. The topological polar surface area (TPSA) is 56.2 Å². The Morgan fingerprint density at radius 2 is 2.21 bits per heavy atom. The summed E-state index contributed by atoms with van der Waals surface area (Å²) >= 11 is 0. The minimum absolute atomic E-state index is 0.0874. The van der Waals surface area contributed by atoms with E-state index in [1.807, 2.05) is 0 Å². The van der Waals surface area contributed by atoms with E-state index in [4.69, 9.17) is 4.74 Å². The van der Waals surface area contributed by atoms with E-state index in [0.29, 0.717) is 6.61 Å². The van der Waals surface area contributed by atoms with Crippen LogP contribution in [0.5, 0.6) is 0 Å². The van der Waals surface area contributed by atoms with E-state index in [0.717, 1.165) is 17.4 Å². The molecule has 0 radical (unpaired) electrons. The summed E-state index contributed by atoms with van der Waals surface area (Å²) in [5.41, 5.74) is 0.495. The van der Waals surface area contributed by atoms with Crippen LogP contribution >= 0.6 is 0 Å². The Morgan fingerprint density at radius 3 is 2.88 bits per heavy atom. The molecule has 1 aliphatic rings. The van der Waals surface area contributed by atoms with Gasteiger partial charge in [-0.05, 0) is 31.9 Å². The van der Waals surface area contributed by atoms with Crippen molar-refractivity contribution in [2.75, 3.05) is 6.61 Å². The number of rotatable bonds is 4. The van der Waals surface area contributed by atoms with Gasteiger partial charge in [-0.25, -0.2) is 4.98 Å². The van der Waals surface area contributed by atoms with Gasteiger partial charge in [0.2, 0.25) is 11.7 Å². The second kappa shape index (κ2) is 6.43. The molecule has 2 atom stereocenters. The zero-order chi connectivity index (χ0) is 17.3. The predicted octanol–water partition coefficient (Wildman–Crippen LogP) is 2.74. The lowest BCUT2D eigenvalue weighted by molar-refractivity contribution is -0.147. The summed E-state index contributed by atoms with van der Waals surface area (Å²) in [5.74, 6) is -1.56. The largest absolute Gasteiger partial charge is 0.449 e. The van der Waals surface area contributed by atoms with E-state index in [2.05, 4.69) is 10.3 Å². The Balaban J connectivity index is 1.82. The van der Waals surface area contributed by atoms with Gasteiger partial charge in [-0.3, -0.25) is 4.79 Å². The van der Waals surface area contributed by atoms with Gasteiger partial charge in [0.25, 0.3) is 0 Å². The van der Waals surface area contributed by atoms with Crippen LogP contribution in [0.1, 0.15) is 25.6 Å². The first-order valence-electron chi connectivity index (χ1n) is 7.79. The van der Waals surface area contributed by atoms with E-state index in [1.165, 1.54) is 12.1 Å². The van der Waals surface area contributed by atoms with Crippen LogP contribution in [0.2, 0.25) is 0 Å². The summed E-state index contributed by atoms with van der Waals surface area (Å²) in [6.45, 7) is 2.01. The van der Waals surface area contributed by atoms with Gasteiger partial charge in [-0.1, -0.05) is 12.1 Å². The molecule has 0 spiro atoms. The zero-order valence-electron chi connectivity index (χ0n) is 13.1. The number of para-hydroxylation sites is 2. The fraction of sp³-hybridized carbons (Fsp3) is 0.500. The Bertz CT molecular complexity index is 736. The molecule has 2 aromatic rings. The summed E-state index contributed by atoms with van der Waals surface area (Å²) in [6, 6.07) is 6.00. The van der Waals surface area contributed by atoms with Crippen molar-refractivity contribution in [2.45, 2.75) is 44.6 Å². The molecule has 1 aromatic heterocycles. The maximum atomic E-state index is 13.2. The van der Waals surface area contributed by atoms with Gasteiger partial charge in [0.15, 0.2) is 0 Å². The molecule has 24 heavy (non-hydrogen) atoms. The molecule has 1 saturated heterocycles. The average Bonchev–Trinajstić information content (AvgIpc) is 3.15. The van der Waals surface area contributed by atoms with Gasteiger partial charge < -0.3 is 14.6 Å². The molecule has 0 bridgehead atoms. The molecule has 3 rings (SSSR count). The number of hydrogen-bond acceptors (Lipinski definition) is 3. The number of alkyl halides is 3. The van der Waals surface area contributed by atoms with E-state index in [-0.39, 0.29) is 23.2 Å². The number of ether oxygens (including phenoxy) is 1. The third-order valence-electron chi connectivity index (χ3n) is 4.12. The molecule has 130 valence electrons. The second-order valence-electron chi connectivity index (χ2n) is 5.92. The lowest BCUT2D eigenvalue weighted by Gasteiger charge is -2.20. The van der Waals surface area contributed by atoms with Crippen molar-refractivity contribution < 1.29 is 22.7 Å². The van der Waals surface area contributed by atoms with Crippen LogP contribution in [0, 0.1) is 0 Å². The average molecular weight is 341 g/mol. The summed E-state index contributed by atoms with van der Waals surface area (Å²) < 4.78 is 46.0. The second-order valence-corrected chi connectivity index (χ2v) is 5.92. The number of carbonyl (C=O) groups is 1. The SMILES string of the molecule is C[C@@H](NC(=O)Cn1c(C(F)(F)F)nc2ccccc21)[C@@H]1CCCO1. The van der Waals surface area contributed by atoms with Crippen LogP contribution in [0.15, 0.2) is 24.3 Å². The number of halogens is 3. The molecule has 1 aliphatic heterocycles. The van der Waals surface area contributed by atoms with Crippen molar-refractivity contribution in [1.29, 1.82) is 0 Å². The molecule has 1 fully saturated rings. The van der Waals surface area contributed by atoms with E-state index in [9.17, 15) is 18.0 Å². The van der Waals surface area contributed by atoms with Gasteiger partial charge in [0.05, 0.1) is 23.2 Å². The Hall–Kier alpha value is -2.09. The Labute approximate surface area is 136 Å². The molecule has 0 unspecified atom stereocenters. The van der Waals surface area contributed by atoms with E-state index < -0.39 is 24.5 Å². The molecule has 5 nitrogen and oxygen atoms in total. The first-order chi connectivity index (χ1) is 11.4. The number of nitrogens with zero attached hydrogens (tertiary/aromatic N) is 2. The molecular weight excluding hydrogens is 323 g/mol. The summed E-state index contributed by atoms with van der Waals surface area (Å²) in [7, 11) is 0. The highest BCUT2D eigenvalue weighted by atomic mass is 19.4. The van der Waals surface area contributed by atoms with E-state index >= 15 is 0 Å². The number of carbonyl (C=O) groups excluding carboxylic acids is 1. The summed E-state index contributed by atoms with van der Waals surface area (Å²) in [6.07, 6.45) is -2.95. The fourth-order valence-electron chi connectivity index (χ4n) is 2.98. The minimum atomic E-state index is -4.63. The van der Waals surface area contributed by atoms with Crippen LogP contribution in [0.4, 0.5) is 13.2 Å². The quantitative estimate of drug-likeness (QED) is 0.930. The first kappa shape index (κ1) is 16.8. The molecule has 2 heterocycles. The van der Waals surface area contributed by atoms with Crippen molar-refractivity contribution >= 4 is 16.9 Å². The van der Waals surface area contributed by atoms with Gasteiger partial charge in [0.1, 0.15) is 6.54 Å². The number of amides is 1. The lowest BCUT2D eigenvalue weighted by Crippen LogP contribution is -2.42. The van der Waals surface area contributed by atoms with Crippen LogP contribution in [-0.2, 0) is 22.3 Å². The monoisotopic (exact) mass is 341 g/mol. The standard InChI is InChI=1S/C16H18F3N3O2/c1-10(13-7-4-8-24-13)20-14(23)9-22-12-6-3-2-5-11(12)21-15(22)16(17,18)19/h2-3,5-6,10,13H,4,7-9H2,1H3,(H,20,23)/t10-,13+/m1/s1. The zero-order valence-corrected chi connectivity index (χ0v) is 13.1. The molecule has 0 saturated carbocycles. The number of aromatic nitrogens is 2. The Morgan fingerprint density at radius 1 is 1.46 bits per heavy atom. The van der Waals surface area contributed by atoms with Crippen LogP contribution < -0.4 is 5.32 Å². The highest BCUT2D eigenvalue weighted by molar-refractivity contribution is 5.81.